The van der Waals surface area contributed by atoms with Gasteiger partial charge in [-0.25, -0.2) is 13.2 Å². The van der Waals surface area contributed by atoms with Crippen molar-refractivity contribution in [2.75, 3.05) is 0 Å². The van der Waals surface area contributed by atoms with Gasteiger partial charge in [-0.05, 0) is 30.9 Å². The summed E-state index contributed by atoms with van der Waals surface area (Å²) in [5, 5.41) is 0. The first-order valence-electron chi connectivity index (χ1n) is 4.72. The van der Waals surface area contributed by atoms with Crippen LogP contribution in [0.4, 0.5) is 13.2 Å². The molecule has 15 heavy (non-hydrogen) atoms. The Hall–Kier alpha value is -1.32. The third kappa shape index (κ3) is 3.38. The van der Waals surface area contributed by atoms with Gasteiger partial charge in [0.15, 0.2) is 11.6 Å². The first-order chi connectivity index (χ1) is 7.15. The lowest BCUT2D eigenvalue weighted by Crippen LogP contribution is -1.96. The van der Waals surface area contributed by atoms with Crippen LogP contribution in [0.15, 0.2) is 12.1 Å². The summed E-state index contributed by atoms with van der Waals surface area (Å²) in [6, 6.07) is 1.41. The first-order valence-corrected chi connectivity index (χ1v) is 4.72. The molecular weight excluding hydrogens is 205 g/mol. The van der Waals surface area contributed by atoms with E-state index in [2.05, 4.69) is 0 Å². The third-order valence-corrected chi connectivity index (χ3v) is 2.11. The molecule has 0 unspecified atom stereocenters. The predicted molar refractivity (Wildman–Crippen MR) is 49.9 cm³/mol. The fourth-order valence-corrected chi connectivity index (χ4v) is 1.30. The molecule has 1 rings (SSSR count). The minimum Gasteiger partial charge on any atom is -0.303 e. The smallest absolute Gasteiger partial charge is 0.161 e. The second kappa shape index (κ2) is 5.53. The molecule has 0 heterocycles. The van der Waals surface area contributed by atoms with Crippen molar-refractivity contribution in [3.05, 3.63) is 35.1 Å². The molecule has 0 saturated heterocycles. The van der Waals surface area contributed by atoms with Gasteiger partial charge in [-0.3, -0.25) is 0 Å². The maximum atomic E-state index is 13.1. The van der Waals surface area contributed by atoms with Crippen LogP contribution in [0, 0.1) is 17.5 Å². The molecule has 0 aliphatic heterocycles. The molecule has 0 spiro atoms. The lowest BCUT2D eigenvalue weighted by molar-refractivity contribution is -0.107. The van der Waals surface area contributed by atoms with Gasteiger partial charge < -0.3 is 4.79 Å². The molecule has 0 amide bonds. The second-order valence-electron chi connectivity index (χ2n) is 3.27. The Morgan fingerprint density at radius 2 is 1.67 bits per heavy atom. The largest absolute Gasteiger partial charge is 0.303 e. The molecule has 4 heteroatoms. The van der Waals surface area contributed by atoms with Gasteiger partial charge in [-0.15, -0.1) is 0 Å². The number of carbonyl (C=O) groups excluding carboxylic acids is 1. The van der Waals surface area contributed by atoms with Crippen molar-refractivity contribution >= 4 is 6.29 Å². The van der Waals surface area contributed by atoms with E-state index >= 15 is 0 Å². The average Bonchev–Trinajstić information content (AvgIpc) is 2.20. The summed E-state index contributed by atoms with van der Waals surface area (Å²) in [4.78, 5) is 10.00. The summed E-state index contributed by atoms with van der Waals surface area (Å²) >= 11 is 0. The zero-order valence-corrected chi connectivity index (χ0v) is 8.10. The van der Waals surface area contributed by atoms with Gasteiger partial charge in [0.2, 0.25) is 0 Å². The van der Waals surface area contributed by atoms with Crippen LogP contribution in [0.25, 0.3) is 0 Å². The van der Waals surface area contributed by atoms with Gasteiger partial charge in [0, 0.05) is 12.5 Å². The first kappa shape index (κ1) is 11.8. The second-order valence-corrected chi connectivity index (χ2v) is 3.27. The van der Waals surface area contributed by atoms with Crippen LogP contribution in [0.3, 0.4) is 0 Å². The molecule has 0 radical (unpaired) electrons. The van der Waals surface area contributed by atoms with Gasteiger partial charge in [-0.1, -0.05) is 0 Å². The molecule has 1 aromatic carbocycles. The Labute approximate surface area is 85.9 Å². The van der Waals surface area contributed by atoms with Gasteiger partial charge in [0.05, 0.1) is 0 Å². The number of hydrogen-bond acceptors (Lipinski definition) is 1. The molecule has 1 nitrogen and oxygen atoms in total. The summed E-state index contributed by atoms with van der Waals surface area (Å²) in [5.41, 5.74) is 0.153. The van der Waals surface area contributed by atoms with Crippen molar-refractivity contribution in [3.8, 4) is 0 Å². The maximum absolute atomic E-state index is 13.1. The quantitative estimate of drug-likeness (QED) is 0.420. The van der Waals surface area contributed by atoms with Crippen LogP contribution in [0.1, 0.15) is 24.8 Å². The van der Waals surface area contributed by atoms with Crippen LogP contribution in [0.5, 0.6) is 0 Å². The van der Waals surface area contributed by atoms with Gasteiger partial charge >= 0.3 is 0 Å². The van der Waals surface area contributed by atoms with E-state index in [0.29, 0.717) is 31.7 Å². The zero-order chi connectivity index (χ0) is 11.3. The standard InChI is InChI=1S/C11H11F3O/c12-9-7-11(14)10(13)6-8(9)4-2-1-3-5-15/h5-7H,1-4H2. The number of aryl methyl sites for hydroxylation is 1. The summed E-state index contributed by atoms with van der Waals surface area (Å²) in [6.45, 7) is 0. The highest BCUT2D eigenvalue weighted by Gasteiger charge is 2.08. The SMILES string of the molecule is O=CCCCCc1cc(F)c(F)cc1F. The summed E-state index contributed by atoms with van der Waals surface area (Å²) in [5.74, 6) is -2.95. The Kier molecular flexibility index (Phi) is 4.34. The molecule has 0 atom stereocenters. The van der Waals surface area contributed by atoms with E-state index in [-0.39, 0.29) is 5.56 Å². The lowest BCUT2D eigenvalue weighted by atomic mass is 10.1. The Bertz CT molecular complexity index is 350. The topological polar surface area (TPSA) is 17.1 Å². The number of aldehydes is 1. The third-order valence-electron chi connectivity index (χ3n) is 2.11. The van der Waals surface area contributed by atoms with E-state index in [0.717, 1.165) is 12.4 Å². The van der Waals surface area contributed by atoms with Crippen molar-refractivity contribution in [1.82, 2.24) is 0 Å². The molecular formula is C11H11F3O. The number of carbonyl (C=O) groups is 1. The van der Waals surface area contributed by atoms with Crippen LogP contribution in [0.2, 0.25) is 0 Å². The van der Waals surface area contributed by atoms with E-state index in [4.69, 9.17) is 0 Å². The number of hydrogen-bond donors (Lipinski definition) is 0. The normalized spacial score (nSPS) is 10.3. The zero-order valence-electron chi connectivity index (χ0n) is 8.10. The van der Waals surface area contributed by atoms with E-state index < -0.39 is 17.5 Å². The van der Waals surface area contributed by atoms with Crippen molar-refractivity contribution in [3.63, 3.8) is 0 Å². The highest BCUT2D eigenvalue weighted by atomic mass is 19.2. The Morgan fingerprint density at radius 1 is 1.00 bits per heavy atom. The Balaban J connectivity index is 2.61. The highest BCUT2D eigenvalue weighted by Crippen LogP contribution is 2.15. The molecule has 0 aromatic heterocycles. The Morgan fingerprint density at radius 3 is 2.33 bits per heavy atom. The van der Waals surface area contributed by atoms with Crippen LogP contribution in [-0.4, -0.2) is 6.29 Å². The summed E-state index contributed by atoms with van der Waals surface area (Å²) in [6.07, 6.45) is 2.71. The molecule has 0 bridgehead atoms. The highest BCUT2D eigenvalue weighted by molar-refractivity contribution is 5.48. The van der Waals surface area contributed by atoms with Gasteiger partial charge in [-0.2, -0.15) is 0 Å². The van der Waals surface area contributed by atoms with Crippen molar-refractivity contribution in [2.24, 2.45) is 0 Å². The number of benzene rings is 1. The minimum absolute atomic E-state index is 0.153. The van der Waals surface area contributed by atoms with Crippen LogP contribution >= 0.6 is 0 Å². The molecule has 1 aromatic rings. The molecule has 0 aliphatic carbocycles. The van der Waals surface area contributed by atoms with Crippen molar-refractivity contribution < 1.29 is 18.0 Å². The monoisotopic (exact) mass is 216 g/mol. The van der Waals surface area contributed by atoms with E-state index in [9.17, 15) is 18.0 Å². The number of unbranched alkanes of at least 4 members (excludes halogenated alkanes) is 2. The van der Waals surface area contributed by atoms with Gasteiger partial charge in [0.1, 0.15) is 12.1 Å². The van der Waals surface area contributed by atoms with Crippen LogP contribution in [-0.2, 0) is 11.2 Å². The summed E-state index contributed by atoms with van der Waals surface area (Å²) < 4.78 is 38.3. The number of rotatable bonds is 5. The lowest BCUT2D eigenvalue weighted by Gasteiger charge is -2.03. The fourth-order valence-electron chi connectivity index (χ4n) is 1.30. The fraction of sp³-hybridized carbons (Fsp3) is 0.364. The van der Waals surface area contributed by atoms with Gasteiger partial charge in [0.25, 0.3) is 0 Å². The molecule has 0 aliphatic rings. The van der Waals surface area contributed by atoms with E-state index in [1.807, 2.05) is 0 Å². The predicted octanol–water partition coefficient (Wildman–Crippen LogP) is 3.02. The maximum Gasteiger partial charge on any atom is 0.161 e. The van der Waals surface area contributed by atoms with Crippen LogP contribution < -0.4 is 0 Å². The molecule has 0 N–H and O–H groups in total. The van der Waals surface area contributed by atoms with E-state index in [1.165, 1.54) is 0 Å². The molecule has 0 saturated carbocycles. The van der Waals surface area contributed by atoms with Crippen molar-refractivity contribution in [1.29, 1.82) is 0 Å². The molecule has 0 fully saturated rings. The summed E-state index contributed by atoms with van der Waals surface area (Å²) in [7, 11) is 0. The average molecular weight is 216 g/mol. The van der Waals surface area contributed by atoms with E-state index in [1.54, 1.807) is 0 Å². The van der Waals surface area contributed by atoms with Crippen molar-refractivity contribution in [2.45, 2.75) is 25.7 Å². The minimum atomic E-state index is -1.18. The molecule has 82 valence electrons. The number of halogens is 3.